The fourth-order valence-electron chi connectivity index (χ4n) is 15.4. The second-order valence-electron chi connectivity index (χ2n) is 27.3. The monoisotopic (exact) mass is 1180 g/mol. The summed E-state index contributed by atoms with van der Waals surface area (Å²) in [6.45, 7) is 13.6. The van der Waals surface area contributed by atoms with Crippen molar-refractivity contribution < 1.29 is 4.42 Å². The van der Waals surface area contributed by atoms with Crippen LogP contribution in [0.25, 0.3) is 110 Å². The summed E-state index contributed by atoms with van der Waals surface area (Å²) >= 11 is 0. The van der Waals surface area contributed by atoms with E-state index in [1.165, 1.54) is 71.1 Å². The molecule has 3 aromatic heterocycles. The van der Waals surface area contributed by atoms with Crippen molar-refractivity contribution in [1.29, 1.82) is 0 Å². The van der Waals surface area contributed by atoms with Crippen LogP contribution in [-0.2, 0) is 10.8 Å². The van der Waals surface area contributed by atoms with E-state index in [2.05, 4.69) is 346 Å². The molecule has 0 spiro atoms. The molecule has 438 valence electrons. The van der Waals surface area contributed by atoms with Gasteiger partial charge >= 0.3 is 0 Å². The first kappa shape index (κ1) is 53.9. The van der Waals surface area contributed by atoms with Crippen molar-refractivity contribution in [3.8, 4) is 44.8 Å². The molecule has 2 aliphatic heterocycles. The van der Waals surface area contributed by atoms with Crippen LogP contribution in [-0.4, -0.2) is 15.8 Å². The van der Waals surface area contributed by atoms with Crippen LogP contribution in [0.2, 0.25) is 0 Å². The number of rotatable bonds is 7. The fraction of sp³-hybridized carbons (Fsp3) is 0.0930. The van der Waals surface area contributed by atoms with Crippen LogP contribution >= 0.6 is 0 Å². The van der Waals surface area contributed by atoms with Gasteiger partial charge in [0.25, 0.3) is 6.71 Å². The molecule has 0 fully saturated rings. The van der Waals surface area contributed by atoms with Crippen LogP contribution in [0.4, 0.5) is 34.1 Å². The second-order valence-corrected chi connectivity index (χ2v) is 27.3. The number of aromatic nitrogens is 2. The van der Waals surface area contributed by atoms with Crippen LogP contribution < -0.4 is 26.2 Å². The van der Waals surface area contributed by atoms with E-state index in [1.807, 2.05) is 0 Å². The number of para-hydroxylation sites is 7. The zero-order valence-corrected chi connectivity index (χ0v) is 52.4. The summed E-state index contributed by atoms with van der Waals surface area (Å²) in [5.74, 6) is 0. The van der Waals surface area contributed by atoms with E-state index in [0.717, 1.165) is 101 Å². The van der Waals surface area contributed by atoms with Gasteiger partial charge in [-0.05, 0) is 152 Å². The molecule has 0 amide bonds. The van der Waals surface area contributed by atoms with E-state index in [-0.39, 0.29) is 17.5 Å². The van der Waals surface area contributed by atoms with E-state index in [9.17, 15) is 0 Å². The molecule has 18 rings (SSSR count). The van der Waals surface area contributed by atoms with Crippen molar-refractivity contribution >= 4 is 123 Å². The van der Waals surface area contributed by atoms with Crippen molar-refractivity contribution in [2.45, 2.75) is 52.4 Å². The highest BCUT2D eigenvalue weighted by atomic mass is 16.3. The largest absolute Gasteiger partial charge is 0.456 e. The normalized spacial score (nSPS) is 13.0. The first-order valence-corrected chi connectivity index (χ1v) is 32.3. The van der Waals surface area contributed by atoms with E-state index in [0.29, 0.717) is 0 Å². The van der Waals surface area contributed by atoms with Crippen LogP contribution in [0.15, 0.2) is 290 Å². The van der Waals surface area contributed by atoms with E-state index in [1.54, 1.807) is 0 Å². The van der Waals surface area contributed by atoms with Crippen molar-refractivity contribution in [2.75, 3.05) is 9.80 Å². The molecule has 0 aliphatic carbocycles. The number of hydrogen-bond donors (Lipinski definition) is 0. The molecule has 0 atom stereocenters. The van der Waals surface area contributed by atoms with Crippen LogP contribution in [0.3, 0.4) is 0 Å². The third-order valence-corrected chi connectivity index (χ3v) is 19.8. The Morgan fingerprint density at radius 1 is 0.283 bits per heavy atom. The van der Waals surface area contributed by atoms with Crippen molar-refractivity contribution in [3.63, 3.8) is 0 Å². The van der Waals surface area contributed by atoms with Gasteiger partial charge < -0.3 is 23.4 Å². The van der Waals surface area contributed by atoms with Crippen LogP contribution in [0.5, 0.6) is 0 Å². The minimum Gasteiger partial charge on any atom is -0.456 e. The number of benzene rings is 13. The Balaban J connectivity index is 0.976. The predicted molar refractivity (Wildman–Crippen MR) is 390 cm³/mol. The Morgan fingerprint density at radius 2 is 0.663 bits per heavy atom. The second kappa shape index (κ2) is 20.2. The Morgan fingerprint density at radius 3 is 1.11 bits per heavy atom. The van der Waals surface area contributed by atoms with Gasteiger partial charge in [-0.3, -0.25) is 0 Å². The molecule has 0 bridgehead atoms. The third kappa shape index (κ3) is 8.26. The summed E-state index contributed by atoms with van der Waals surface area (Å²) in [5, 5.41) is 7.11. The maximum atomic E-state index is 6.56. The lowest BCUT2D eigenvalue weighted by molar-refractivity contribution is 0.590. The summed E-state index contributed by atoms with van der Waals surface area (Å²) in [4.78, 5) is 5.24. The van der Waals surface area contributed by atoms with E-state index in [4.69, 9.17) is 4.42 Å². The van der Waals surface area contributed by atoms with Crippen LogP contribution in [0.1, 0.15) is 52.7 Å². The lowest BCUT2D eigenvalue weighted by atomic mass is 9.33. The maximum absolute atomic E-state index is 6.56. The van der Waals surface area contributed by atoms with Gasteiger partial charge in [0.15, 0.2) is 0 Å². The molecule has 0 N–H and O–H groups in total. The van der Waals surface area contributed by atoms with Gasteiger partial charge in [-0.1, -0.05) is 236 Å². The molecule has 92 heavy (non-hydrogen) atoms. The number of hydrogen-bond acceptors (Lipinski definition) is 3. The highest BCUT2D eigenvalue weighted by Gasteiger charge is 2.45. The molecule has 5 nitrogen and oxygen atoms in total. The highest BCUT2D eigenvalue weighted by Crippen LogP contribution is 2.51. The summed E-state index contributed by atoms with van der Waals surface area (Å²) in [6, 6.07) is 107. The zero-order valence-electron chi connectivity index (χ0n) is 52.4. The summed E-state index contributed by atoms with van der Waals surface area (Å²) in [5.41, 5.74) is 28.5. The quantitative estimate of drug-likeness (QED) is 0.149. The smallest absolute Gasteiger partial charge is 0.252 e. The number of anilines is 6. The van der Waals surface area contributed by atoms with Crippen LogP contribution in [0, 0.1) is 0 Å². The summed E-state index contributed by atoms with van der Waals surface area (Å²) < 4.78 is 11.5. The maximum Gasteiger partial charge on any atom is 0.252 e. The van der Waals surface area contributed by atoms with Gasteiger partial charge in [-0.25, -0.2) is 0 Å². The molecule has 0 unspecified atom stereocenters. The Labute approximate surface area is 536 Å². The van der Waals surface area contributed by atoms with Gasteiger partial charge in [0.05, 0.1) is 33.4 Å². The Hall–Kier alpha value is -11.1. The first-order valence-electron chi connectivity index (χ1n) is 32.3. The first-order chi connectivity index (χ1) is 44.9. The van der Waals surface area contributed by atoms with Crippen molar-refractivity contribution in [3.05, 3.63) is 296 Å². The molecule has 16 aromatic rings. The lowest BCUT2D eigenvalue weighted by Gasteiger charge is -2.45. The standard InChI is InChI=1S/C86H65BN4O/c1-85(2,3)58-40-35-54(36-41-58)62-21-7-14-28-72(62)90-78-52-60(88-74-30-16-9-23-64(74)65-24-10-17-31-75(65)88)44-46-70(78)87-71-47-45-61(89-76-32-18-11-25-66(76)67-26-12-19-33-77(67)89)53-79(71)91(73-29-15-8-22-63(73)55-37-42-59(43-38-55)86(4,5)6)81-51-57(50-80(90)84(81)87)56-39-48-83-69(49-56)68-27-13-20-34-82(68)92-83/h7-53H,1-6H3. The van der Waals surface area contributed by atoms with Crippen molar-refractivity contribution in [2.24, 2.45) is 0 Å². The molecular weight excluding hydrogens is 1120 g/mol. The molecule has 2 aliphatic rings. The van der Waals surface area contributed by atoms with Gasteiger partial charge in [0.1, 0.15) is 11.2 Å². The molecule has 0 saturated carbocycles. The van der Waals surface area contributed by atoms with Crippen molar-refractivity contribution in [1.82, 2.24) is 9.13 Å². The average Bonchev–Trinajstić information content (AvgIpc) is 0.727. The Kier molecular flexibility index (Phi) is 11.8. The third-order valence-electron chi connectivity index (χ3n) is 19.8. The topological polar surface area (TPSA) is 29.5 Å². The summed E-state index contributed by atoms with van der Waals surface area (Å²) in [7, 11) is 0. The fourth-order valence-corrected chi connectivity index (χ4v) is 15.4. The Bertz CT molecular complexity index is 5290. The number of fused-ring (bicyclic) bond motifs is 13. The lowest BCUT2D eigenvalue weighted by Crippen LogP contribution is -2.61. The summed E-state index contributed by atoms with van der Waals surface area (Å²) in [6.07, 6.45) is 0. The molecule has 0 radical (unpaired) electrons. The molecule has 13 aromatic carbocycles. The van der Waals surface area contributed by atoms with Gasteiger partial charge in [0.2, 0.25) is 0 Å². The molecule has 6 heteroatoms. The predicted octanol–water partition coefficient (Wildman–Crippen LogP) is 21.5. The number of furan rings is 1. The van der Waals surface area contributed by atoms with Gasteiger partial charge in [0, 0.05) is 77.6 Å². The zero-order chi connectivity index (χ0) is 61.7. The molecular formula is C86H65BN4O. The molecule has 5 heterocycles. The van der Waals surface area contributed by atoms with E-state index < -0.39 is 0 Å². The minimum absolute atomic E-state index is 0.00573. The molecule has 0 saturated heterocycles. The van der Waals surface area contributed by atoms with E-state index >= 15 is 0 Å². The SMILES string of the molecule is CC(C)(C)c1ccc(-c2ccccc2N2c3cc(-n4c5ccccc5c5ccccc54)ccc3B3c4ccc(-n5c6ccccc6c6ccccc65)cc4N(c4ccccc4-c4ccc(C(C)(C)C)cc4)c4cc(-c5ccc6oc7ccccc7c6c5)cc2c43)cc1. The highest BCUT2D eigenvalue weighted by molar-refractivity contribution is 7.00. The van der Waals surface area contributed by atoms with Gasteiger partial charge in [-0.15, -0.1) is 0 Å². The van der Waals surface area contributed by atoms with Gasteiger partial charge in [-0.2, -0.15) is 0 Å². The number of nitrogens with zero attached hydrogens (tertiary/aromatic N) is 4. The average molecular weight is 1180 g/mol. The minimum atomic E-state index is -0.192.